The number of ketones is 1. The first kappa shape index (κ1) is 61.1. The lowest BCUT2D eigenvalue weighted by atomic mass is 9.77. The number of phenolic OH excluding ortho intramolecular Hbond substituents is 1. The van der Waals surface area contributed by atoms with Gasteiger partial charge in [-0.3, -0.25) is 34.1 Å². The predicted molar refractivity (Wildman–Crippen MR) is 317 cm³/mol. The number of benzene rings is 4. The molecule has 444 valence electrons. The number of rotatable bonds is 25. The smallest absolute Gasteiger partial charge is 0.255 e. The van der Waals surface area contributed by atoms with Crippen LogP contribution in [0.3, 0.4) is 0 Å². The summed E-state index contributed by atoms with van der Waals surface area (Å²) < 4.78 is 31.4. The van der Waals surface area contributed by atoms with Crippen molar-refractivity contribution in [3.63, 3.8) is 0 Å². The lowest BCUT2D eigenvalue weighted by Crippen LogP contribution is -2.52. The van der Waals surface area contributed by atoms with E-state index in [1.54, 1.807) is 22.8 Å². The Morgan fingerprint density at radius 1 is 0.786 bits per heavy atom. The molecule has 2 fully saturated rings. The quantitative estimate of drug-likeness (QED) is 0.0345. The number of aliphatic hydroxyl groups excluding tert-OH is 1. The number of Topliss-reactive ketones (excluding diaryl/α,β-unsaturated/α-hetero) is 1. The molecule has 0 radical (unpaired) electrons. The number of carbonyl (C=O) groups excluding carboxylic acids is 6. The van der Waals surface area contributed by atoms with Crippen molar-refractivity contribution < 1.29 is 57.6 Å². The van der Waals surface area contributed by atoms with Crippen LogP contribution in [0, 0.1) is 30.0 Å². The number of amides is 5. The van der Waals surface area contributed by atoms with Crippen molar-refractivity contribution >= 4 is 68.8 Å². The zero-order valence-electron chi connectivity index (χ0n) is 47.5. The molecule has 19 nitrogen and oxygen atoms in total. The monoisotopic (exact) mass is 1190 g/mol. The summed E-state index contributed by atoms with van der Waals surface area (Å²) in [5.74, 6) is -4.46. The van der Waals surface area contributed by atoms with Gasteiger partial charge in [0.25, 0.3) is 11.8 Å². The normalized spacial score (nSPS) is 17.7. The number of nitrogens with one attached hydrogen (secondary N) is 3. The van der Waals surface area contributed by atoms with Gasteiger partial charge in [0, 0.05) is 80.0 Å². The predicted octanol–water partition coefficient (Wildman–Crippen LogP) is 7.70. The van der Waals surface area contributed by atoms with Gasteiger partial charge in [-0.25, -0.2) is 14.4 Å². The molecule has 2 aliphatic heterocycles. The molecular formula is C62H71FN8O11S2. The maximum absolute atomic E-state index is 14.5. The molecule has 1 saturated carbocycles. The number of anilines is 2. The van der Waals surface area contributed by atoms with Crippen molar-refractivity contribution in [1.29, 1.82) is 0 Å². The maximum Gasteiger partial charge on any atom is 0.255 e. The summed E-state index contributed by atoms with van der Waals surface area (Å²) in [4.78, 5) is 96.4. The summed E-state index contributed by atoms with van der Waals surface area (Å²) in [6.07, 6.45) is 1.27. The van der Waals surface area contributed by atoms with Crippen LogP contribution in [0.5, 0.6) is 5.75 Å². The van der Waals surface area contributed by atoms with Crippen molar-refractivity contribution in [2.24, 2.45) is 17.3 Å². The van der Waals surface area contributed by atoms with E-state index in [0.29, 0.717) is 55.7 Å². The average molecular weight is 1190 g/mol. The second kappa shape index (κ2) is 27.9. The first-order valence-corrected chi connectivity index (χ1v) is 29.9. The molecule has 6 aromatic rings. The molecule has 4 aromatic carbocycles. The number of hydrogen-bond donors (Lipinski definition) is 5. The Bertz CT molecular complexity index is 3270. The highest BCUT2D eigenvalue weighted by Gasteiger charge is 2.47. The number of phenols is 1. The second-order valence-corrected chi connectivity index (χ2v) is 24.0. The van der Waals surface area contributed by atoms with Crippen molar-refractivity contribution in [1.82, 2.24) is 30.4 Å². The van der Waals surface area contributed by atoms with Gasteiger partial charge in [0.05, 0.1) is 80.2 Å². The molecule has 5 N–H and O–H groups in total. The van der Waals surface area contributed by atoms with Crippen molar-refractivity contribution in [2.45, 2.75) is 84.7 Å². The van der Waals surface area contributed by atoms with Crippen LogP contribution in [0.1, 0.15) is 85.2 Å². The van der Waals surface area contributed by atoms with Crippen molar-refractivity contribution in [3.05, 3.63) is 136 Å². The average Bonchev–Trinajstić information content (AvgIpc) is 3.01. The number of aliphatic hydroxyl groups is 1. The van der Waals surface area contributed by atoms with E-state index in [1.807, 2.05) is 98.8 Å². The first-order valence-electron chi connectivity index (χ1n) is 28.2. The molecule has 5 atom stereocenters. The molecule has 22 heteroatoms. The fourth-order valence-corrected chi connectivity index (χ4v) is 12.3. The Morgan fingerprint density at radius 2 is 1.45 bits per heavy atom. The third-order valence-electron chi connectivity index (χ3n) is 15.4. The van der Waals surface area contributed by atoms with E-state index >= 15 is 0 Å². The minimum Gasteiger partial charge on any atom is -0.508 e. The molecule has 3 aliphatic rings. The molecule has 1 saturated heterocycles. The van der Waals surface area contributed by atoms with Gasteiger partial charge < -0.3 is 49.8 Å². The van der Waals surface area contributed by atoms with Gasteiger partial charge in [0.1, 0.15) is 17.6 Å². The summed E-state index contributed by atoms with van der Waals surface area (Å²) in [5, 5.41) is 31.9. The van der Waals surface area contributed by atoms with Crippen LogP contribution in [0.15, 0.2) is 102 Å². The Labute approximate surface area is 495 Å². The number of fused-ring (bicyclic) bond motifs is 1. The van der Waals surface area contributed by atoms with E-state index in [9.17, 15) is 43.4 Å². The minimum atomic E-state index is -1.33. The number of hydrogen-bond acceptors (Lipinski definition) is 16. The molecule has 84 heavy (non-hydrogen) atoms. The molecule has 2 unspecified atom stereocenters. The zero-order chi connectivity index (χ0) is 59.5. The number of aromatic hydroxyl groups is 1. The van der Waals surface area contributed by atoms with Crippen molar-refractivity contribution in [3.8, 4) is 27.3 Å². The molecule has 1 aliphatic carbocycles. The van der Waals surface area contributed by atoms with Crippen LogP contribution >= 0.6 is 22.7 Å². The number of piperazine rings is 1. The third kappa shape index (κ3) is 15.3. The van der Waals surface area contributed by atoms with Crippen LogP contribution in [0.2, 0.25) is 0 Å². The largest absolute Gasteiger partial charge is 0.508 e. The number of ether oxygens (including phenoxy) is 3. The van der Waals surface area contributed by atoms with Gasteiger partial charge in [-0.15, -0.1) is 22.7 Å². The summed E-state index contributed by atoms with van der Waals surface area (Å²) in [7, 11) is 0. The van der Waals surface area contributed by atoms with E-state index in [2.05, 4.69) is 30.8 Å². The number of halogens is 1. The van der Waals surface area contributed by atoms with Crippen LogP contribution in [0.25, 0.3) is 21.6 Å². The Morgan fingerprint density at radius 3 is 2.12 bits per heavy atom. The van der Waals surface area contributed by atoms with Gasteiger partial charge in [0.15, 0.2) is 10.9 Å². The fourth-order valence-electron chi connectivity index (χ4n) is 10.9. The number of thiazole rings is 2. The van der Waals surface area contributed by atoms with Crippen LogP contribution in [-0.2, 0) is 51.3 Å². The molecule has 9 rings (SSSR count). The van der Waals surface area contributed by atoms with E-state index in [0.717, 1.165) is 56.7 Å². The molecule has 5 amide bonds. The Hall–Kier alpha value is -7.47. The van der Waals surface area contributed by atoms with E-state index in [1.165, 1.54) is 22.4 Å². The van der Waals surface area contributed by atoms with Gasteiger partial charge >= 0.3 is 0 Å². The Kier molecular flexibility index (Phi) is 20.3. The van der Waals surface area contributed by atoms with E-state index in [-0.39, 0.29) is 100 Å². The van der Waals surface area contributed by atoms with Gasteiger partial charge in [-0.1, -0.05) is 69.3 Å². The molecule has 0 spiro atoms. The SMILES string of the molecule is Cc1ncsc1-c1ccc(CNC(=O)[C@@H]2C[C@@H](O)CC2C(=O)[C@@H](NC(=O)CCOCCOCCOCCC(=O)N2CCN(c3ccc(-c4ccc5c(c4)C(=O)N(C(C(=O)Nc4nccs4)c4cc(F)ccc4O)C5)cc3)CC2)C(C)(C)C)cc1. The highest BCUT2D eigenvalue weighted by molar-refractivity contribution is 7.14. The molecule has 4 heterocycles. The lowest BCUT2D eigenvalue weighted by Gasteiger charge is -2.36. The number of aromatic nitrogens is 2. The summed E-state index contributed by atoms with van der Waals surface area (Å²) in [5.41, 5.74) is 7.78. The van der Waals surface area contributed by atoms with Crippen molar-refractivity contribution in [2.75, 3.05) is 76.0 Å². The zero-order valence-corrected chi connectivity index (χ0v) is 49.1. The number of carbonyl (C=O) groups is 6. The Balaban J connectivity index is 0.635. The number of aryl methyl sites for hydroxylation is 1. The van der Waals surface area contributed by atoms with Gasteiger partial charge in [-0.05, 0) is 89.4 Å². The standard InChI is InChI=1S/C62H71FN8O11S2/c1-38-56(84-37-66-38)41-7-5-39(6-8-41)35-65-58(77)49-34-46(72)33-48(49)55(76)57(62(2,3)4)67-52(74)17-24-80-26-28-82-29-27-81-25-18-53(75)70-22-20-69(21-23-70)45-14-11-40(12-15-45)42-9-10-43-36-71(60(79)47(43)31-42)54(50-32-44(63)13-16-51(50)73)59(78)68-61-64-19-30-83-61/h5-16,19,30-32,37,46,48-49,54,57,72-73H,17-18,20-29,33-36H2,1-4H3,(H,65,77)(H,67,74)(H,64,68,78)/t46-,48?,49+,54?,57+/m0/s1. The minimum absolute atomic E-state index is 0.00602. The third-order valence-corrected chi connectivity index (χ3v) is 17.1. The highest BCUT2D eigenvalue weighted by atomic mass is 32.1. The highest BCUT2D eigenvalue weighted by Crippen LogP contribution is 2.40. The number of nitrogens with zero attached hydrogens (tertiary/aromatic N) is 5. The summed E-state index contributed by atoms with van der Waals surface area (Å²) in [6.45, 7) is 11.7. The van der Waals surface area contributed by atoms with Gasteiger partial charge in [0.2, 0.25) is 17.7 Å². The molecule has 2 aromatic heterocycles. The lowest BCUT2D eigenvalue weighted by molar-refractivity contribution is -0.137. The van der Waals surface area contributed by atoms with Gasteiger partial charge in [-0.2, -0.15) is 0 Å². The maximum atomic E-state index is 14.5. The topological polar surface area (TPSA) is 242 Å². The van der Waals surface area contributed by atoms with Crippen LogP contribution in [0.4, 0.5) is 15.2 Å². The molecular weight excluding hydrogens is 1120 g/mol. The summed E-state index contributed by atoms with van der Waals surface area (Å²) in [6, 6.07) is 22.5. The first-order chi connectivity index (χ1) is 40.4. The van der Waals surface area contributed by atoms with Crippen LogP contribution in [-0.4, -0.2) is 143 Å². The van der Waals surface area contributed by atoms with E-state index < -0.39 is 53.1 Å². The van der Waals surface area contributed by atoms with E-state index in [4.69, 9.17) is 14.2 Å². The van der Waals surface area contributed by atoms with Crippen LogP contribution < -0.4 is 20.9 Å². The molecule has 0 bridgehead atoms. The fraction of sp³-hybridized carbons (Fsp3) is 0.419. The second-order valence-electron chi connectivity index (χ2n) is 22.3. The summed E-state index contributed by atoms with van der Waals surface area (Å²) >= 11 is 2.76.